The molecule has 2 aromatic rings. The summed E-state index contributed by atoms with van der Waals surface area (Å²) in [5, 5.41) is 7.33. The number of nitrogens with zero attached hydrogens (tertiary/aromatic N) is 3. The SMILES string of the molecule is C[C@@H]1CCCN(CC(=O)Nc2ccnn2Cc2ccccc2)CC1. The van der Waals surface area contributed by atoms with Gasteiger partial charge in [-0.1, -0.05) is 37.3 Å². The van der Waals surface area contributed by atoms with Gasteiger partial charge in [0.25, 0.3) is 0 Å². The molecule has 1 aliphatic rings. The molecule has 5 heteroatoms. The molecule has 0 bridgehead atoms. The standard InChI is InChI=1S/C19H26N4O/c1-16-6-5-12-22(13-10-16)15-19(24)21-18-9-11-20-23(18)14-17-7-3-2-4-8-17/h2-4,7-9,11,16H,5-6,10,12-15H2,1H3,(H,21,24)/t16-/m1/s1. The minimum absolute atomic E-state index is 0.0411. The van der Waals surface area contributed by atoms with E-state index in [1.807, 2.05) is 28.9 Å². The minimum atomic E-state index is 0.0411. The minimum Gasteiger partial charge on any atom is -0.310 e. The number of aromatic nitrogens is 2. The van der Waals surface area contributed by atoms with Crippen LogP contribution in [0.15, 0.2) is 42.6 Å². The molecule has 1 aromatic heterocycles. The van der Waals surface area contributed by atoms with Crippen molar-refractivity contribution in [2.24, 2.45) is 5.92 Å². The van der Waals surface area contributed by atoms with E-state index >= 15 is 0 Å². The highest BCUT2D eigenvalue weighted by molar-refractivity contribution is 5.91. The Kier molecular flexibility index (Phi) is 5.64. The van der Waals surface area contributed by atoms with Gasteiger partial charge in [-0.25, -0.2) is 4.68 Å². The molecule has 0 spiro atoms. The molecule has 0 radical (unpaired) electrons. The molecule has 3 rings (SSSR count). The first-order valence-electron chi connectivity index (χ1n) is 8.78. The van der Waals surface area contributed by atoms with Gasteiger partial charge < -0.3 is 5.32 Å². The summed E-state index contributed by atoms with van der Waals surface area (Å²) in [6.07, 6.45) is 5.35. The molecule has 5 nitrogen and oxygen atoms in total. The zero-order valence-corrected chi connectivity index (χ0v) is 14.3. The number of likely N-dealkylation sites (tertiary alicyclic amines) is 1. The maximum atomic E-state index is 12.4. The molecule has 1 aromatic carbocycles. The van der Waals surface area contributed by atoms with E-state index in [2.05, 4.69) is 34.4 Å². The average molecular weight is 326 g/mol. The van der Waals surface area contributed by atoms with Gasteiger partial charge in [0.2, 0.25) is 5.91 Å². The first kappa shape index (κ1) is 16.7. The Hall–Kier alpha value is -2.14. The van der Waals surface area contributed by atoms with Gasteiger partial charge in [-0.05, 0) is 43.8 Å². The van der Waals surface area contributed by atoms with Gasteiger partial charge in [0.1, 0.15) is 5.82 Å². The second-order valence-electron chi connectivity index (χ2n) is 6.72. The molecule has 1 amide bonds. The Bertz CT molecular complexity index is 652. The number of carbonyl (C=O) groups is 1. The van der Waals surface area contributed by atoms with Crippen LogP contribution in [0.2, 0.25) is 0 Å². The van der Waals surface area contributed by atoms with Crippen LogP contribution < -0.4 is 5.32 Å². The number of hydrogen-bond donors (Lipinski definition) is 1. The lowest BCUT2D eigenvalue weighted by Gasteiger charge is -2.19. The van der Waals surface area contributed by atoms with Crippen LogP contribution in [0.5, 0.6) is 0 Å². The lowest BCUT2D eigenvalue weighted by molar-refractivity contribution is -0.117. The molecule has 1 fully saturated rings. The van der Waals surface area contributed by atoms with Crippen LogP contribution in [0.3, 0.4) is 0 Å². The van der Waals surface area contributed by atoms with Gasteiger partial charge in [0.15, 0.2) is 0 Å². The topological polar surface area (TPSA) is 50.2 Å². The van der Waals surface area contributed by atoms with Crippen LogP contribution >= 0.6 is 0 Å². The largest absolute Gasteiger partial charge is 0.310 e. The van der Waals surface area contributed by atoms with Gasteiger partial charge in [0.05, 0.1) is 19.3 Å². The van der Waals surface area contributed by atoms with E-state index in [1.54, 1.807) is 6.20 Å². The summed E-state index contributed by atoms with van der Waals surface area (Å²) in [7, 11) is 0. The van der Waals surface area contributed by atoms with Crippen molar-refractivity contribution in [2.45, 2.75) is 32.7 Å². The van der Waals surface area contributed by atoms with E-state index in [0.29, 0.717) is 13.1 Å². The predicted octanol–water partition coefficient (Wildman–Crippen LogP) is 2.99. The highest BCUT2D eigenvalue weighted by Crippen LogP contribution is 2.16. The van der Waals surface area contributed by atoms with Crippen molar-refractivity contribution in [3.63, 3.8) is 0 Å². The molecule has 1 atom stereocenters. The van der Waals surface area contributed by atoms with Gasteiger partial charge in [-0.15, -0.1) is 0 Å². The molecule has 1 saturated heterocycles. The number of hydrogen-bond acceptors (Lipinski definition) is 3. The van der Waals surface area contributed by atoms with E-state index in [4.69, 9.17) is 0 Å². The van der Waals surface area contributed by atoms with Crippen LogP contribution in [0.1, 0.15) is 31.7 Å². The number of carbonyl (C=O) groups excluding carboxylic acids is 1. The van der Waals surface area contributed by atoms with Gasteiger partial charge in [0, 0.05) is 6.07 Å². The zero-order chi connectivity index (χ0) is 16.8. The molecule has 128 valence electrons. The van der Waals surface area contributed by atoms with E-state index < -0.39 is 0 Å². The molecule has 1 aliphatic heterocycles. The Balaban J connectivity index is 1.56. The number of anilines is 1. The maximum Gasteiger partial charge on any atom is 0.239 e. The highest BCUT2D eigenvalue weighted by atomic mass is 16.2. The molecule has 0 unspecified atom stereocenters. The highest BCUT2D eigenvalue weighted by Gasteiger charge is 2.17. The summed E-state index contributed by atoms with van der Waals surface area (Å²) in [5.74, 6) is 1.57. The second-order valence-corrected chi connectivity index (χ2v) is 6.72. The Labute approximate surface area is 143 Å². The molecule has 0 aliphatic carbocycles. The van der Waals surface area contributed by atoms with E-state index in [1.165, 1.54) is 24.8 Å². The van der Waals surface area contributed by atoms with Gasteiger partial charge >= 0.3 is 0 Å². The van der Waals surface area contributed by atoms with Gasteiger partial charge in [-0.3, -0.25) is 9.69 Å². The molecule has 24 heavy (non-hydrogen) atoms. The monoisotopic (exact) mass is 326 g/mol. The van der Waals surface area contributed by atoms with Crippen molar-refractivity contribution in [1.82, 2.24) is 14.7 Å². The quantitative estimate of drug-likeness (QED) is 0.919. The normalized spacial score (nSPS) is 19.0. The van der Waals surface area contributed by atoms with Crippen molar-refractivity contribution in [3.05, 3.63) is 48.2 Å². The fourth-order valence-corrected chi connectivity index (χ4v) is 3.19. The smallest absolute Gasteiger partial charge is 0.239 e. The fraction of sp³-hybridized carbons (Fsp3) is 0.474. The molecular formula is C19H26N4O. The lowest BCUT2D eigenvalue weighted by Crippen LogP contribution is -2.34. The van der Waals surface area contributed by atoms with E-state index in [-0.39, 0.29) is 5.91 Å². The third-order valence-electron chi connectivity index (χ3n) is 4.64. The first-order chi connectivity index (χ1) is 11.7. The summed E-state index contributed by atoms with van der Waals surface area (Å²) in [6, 6.07) is 12.0. The van der Waals surface area contributed by atoms with Crippen LogP contribution in [-0.4, -0.2) is 40.2 Å². The van der Waals surface area contributed by atoms with Crippen LogP contribution in [-0.2, 0) is 11.3 Å². The molecule has 1 N–H and O–H groups in total. The first-order valence-corrected chi connectivity index (χ1v) is 8.78. The van der Waals surface area contributed by atoms with Crippen molar-refractivity contribution < 1.29 is 4.79 Å². The van der Waals surface area contributed by atoms with E-state index in [0.717, 1.165) is 24.8 Å². The molecular weight excluding hydrogens is 300 g/mol. The Morgan fingerprint density at radius 2 is 2.04 bits per heavy atom. The van der Waals surface area contributed by atoms with Crippen molar-refractivity contribution in [3.8, 4) is 0 Å². The lowest BCUT2D eigenvalue weighted by atomic mass is 10.0. The maximum absolute atomic E-state index is 12.4. The number of nitrogens with one attached hydrogen (secondary N) is 1. The molecule has 0 saturated carbocycles. The third kappa shape index (κ3) is 4.68. The van der Waals surface area contributed by atoms with Crippen LogP contribution in [0, 0.1) is 5.92 Å². The fourth-order valence-electron chi connectivity index (χ4n) is 3.19. The predicted molar refractivity (Wildman–Crippen MR) is 95.9 cm³/mol. The number of amides is 1. The zero-order valence-electron chi connectivity index (χ0n) is 14.3. The average Bonchev–Trinajstić information content (AvgIpc) is 2.89. The molecule has 2 heterocycles. The Morgan fingerprint density at radius 1 is 1.21 bits per heavy atom. The Morgan fingerprint density at radius 3 is 2.88 bits per heavy atom. The summed E-state index contributed by atoms with van der Waals surface area (Å²) in [5.41, 5.74) is 1.17. The van der Waals surface area contributed by atoms with Gasteiger partial charge in [-0.2, -0.15) is 5.10 Å². The number of benzene rings is 1. The second kappa shape index (κ2) is 8.11. The summed E-state index contributed by atoms with van der Waals surface area (Å²) >= 11 is 0. The van der Waals surface area contributed by atoms with Crippen molar-refractivity contribution >= 4 is 11.7 Å². The van der Waals surface area contributed by atoms with Crippen LogP contribution in [0.4, 0.5) is 5.82 Å². The summed E-state index contributed by atoms with van der Waals surface area (Å²) < 4.78 is 1.83. The van der Waals surface area contributed by atoms with E-state index in [9.17, 15) is 4.79 Å². The van der Waals surface area contributed by atoms with Crippen molar-refractivity contribution in [1.29, 1.82) is 0 Å². The summed E-state index contributed by atoms with van der Waals surface area (Å²) in [4.78, 5) is 14.6. The van der Waals surface area contributed by atoms with Crippen LogP contribution in [0.25, 0.3) is 0 Å². The van der Waals surface area contributed by atoms with Crippen molar-refractivity contribution in [2.75, 3.05) is 25.0 Å². The third-order valence-corrected chi connectivity index (χ3v) is 4.64. The summed E-state index contributed by atoms with van der Waals surface area (Å²) in [6.45, 7) is 5.44. The number of rotatable bonds is 5.